The molecule has 3 atom stereocenters. The Kier molecular flexibility index (Phi) is 3.23. The van der Waals surface area contributed by atoms with Crippen LogP contribution >= 0.6 is 11.3 Å². The van der Waals surface area contributed by atoms with E-state index in [0.29, 0.717) is 12.1 Å². The van der Waals surface area contributed by atoms with Crippen molar-refractivity contribution in [2.45, 2.75) is 50.6 Å². The molecule has 1 aromatic heterocycles. The second-order valence-electron chi connectivity index (χ2n) is 6.11. The summed E-state index contributed by atoms with van der Waals surface area (Å²) in [6, 6.07) is 5.95. The molecule has 1 N–H and O–H groups in total. The molecule has 1 aliphatic carbocycles. The van der Waals surface area contributed by atoms with Crippen LogP contribution in [0.1, 0.15) is 49.6 Å². The molecule has 2 aliphatic rings. The molecule has 0 radical (unpaired) electrons. The van der Waals surface area contributed by atoms with E-state index in [9.17, 15) is 4.39 Å². The van der Waals surface area contributed by atoms with Crippen LogP contribution in [0.15, 0.2) is 18.2 Å². The van der Waals surface area contributed by atoms with E-state index in [0.717, 1.165) is 21.1 Å². The van der Waals surface area contributed by atoms with E-state index in [-0.39, 0.29) is 5.82 Å². The Bertz CT molecular complexity index is 624. The van der Waals surface area contributed by atoms with Crippen LogP contribution in [0.3, 0.4) is 0 Å². The summed E-state index contributed by atoms with van der Waals surface area (Å²) in [6.07, 6.45) is 7.92. The fraction of sp³-hybridized carbons (Fsp3) is 0.562. The highest BCUT2D eigenvalue weighted by Crippen LogP contribution is 2.38. The zero-order valence-corrected chi connectivity index (χ0v) is 12.3. The molecule has 0 bridgehead atoms. The summed E-state index contributed by atoms with van der Waals surface area (Å²) in [6.45, 7) is 0. The minimum Gasteiger partial charge on any atom is -0.305 e. The average molecular weight is 290 g/mol. The highest BCUT2D eigenvalue weighted by atomic mass is 32.1. The van der Waals surface area contributed by atoms with Gasteiger partial charge in [0.2, 0.25) is 0 Å². The van der Waals surface area contributed by atoms with E-state index in [4.69, 9.17) is 0 Å². The number of fused-ring (bicyclic) bond motifs is 2. The number of thiazole rings is 1. The van der Waals surface area contributed by atoms with Crippen LogP contribution in [-0.2, 0) is 0 Å². The SMILES string of the molecule is Fc1ccc2sc(C3CCC4CCCCC4N3)nc2c1. The summed E-state index contributed by atoms with van der Waals surface area (Å²) >= 11 is 1.71. The van der Waals surface area contributed by atoms with Gasteiger partial charge in [-0.1, -0.05) is 12.8 Å². The maximum atomic E-state index is 13.3. The second kappa shape index (κ2) is 5.08. The van der Waals surface area contributed by atoms with Crippen LogP contribution in [0, 0.1) is 11.7 Å². The largest absolute Gasteiger partial charge is 0.305 e. The Morgan fingerprint density at radius 1 is 1.15 bits per heavy atom. The first kappa shape index (κ1) is 12.7. The summed E-state index contributed by atoms with van der Waals surface area (Å²) in [5.41, 5.74) is 0.803. The topological polar surface area (TPSA) is 24.9 Å². The molecule has 106 valence electrons. The summed E-state index contributed by atoms with van der Waals surface area (Å²) in [7, 11) is 0. The molecular weight excluding hydrogens is 271 g/mol. The Labute approximate surface area is 122 Å². The van der Waals surface area contributed by atoms with Crippen molar-refractivity contribution in [2.75, 3.05) is 0 Å². The minimum atomic E-state index is -0.196. The van der Waals surface area contributed by atoms with Gasteiger partial charge in [-0.15, -0.1) is 11.3 Å². The maximum Gasteiger partial charge on any atom is 0.125 e. The van der Waals surface area contributed by atoms with Crippen molar-refractivity contribution in [3.05, 3.63) is 29.0 Å². The van der Waals surface area contributed by atoms with Gasteiger partial charge >= 0.3 is 0 Å². The Morgan fingerprint density at radius 2 is 2.05 bits per heavy atom. The van der Waals surface area contributed by atoms with Gasteiger partial charge in [0.1, 0.15) is 10.8 Å². The number of rotatable bonds is 1. The molecule has 4 heteroatoms. The number of halogens is 1. The zero-order chi connectivity index (χ0) is 13.5. The van der Waals surface area contributed by atoms with Crippen LogP contribution in [0.5, 0.6) is 0 Å². The monoisotopic (exact) mass is 290 g/mol. The normalized spacial score (nSPS) is 30.4. The standard InChI is InChI=1S/C16H19FN2S/c17-11-6-8-15-14(9-11)19-16(20-15)13-7-5-10-3-1-2-4-12(10)18-13/h6,8-10,12-13,18H,1-5,7H2. The van der Waals surface area contributed by atoms with Crippen molar-refractivity contribution < 1.29 is 4.39 Å². The summed E-state index contributed by atoms with van der Waals surface area (Å²) in [5.74, 6) is 0.671. The van der Waals surface area contributed by atoms with Gasteiger partial charge in [0.05, 0.1) is 16.3 Å². The number of nitrogens with zero attached hydrogens (tertiary/aromatic N) is 1. The van der Waals surface area contributed by atoms with Crippen LogP contribution < -0.4 is 5.32 Å². The summed E-state index contributed by atoms with van der Waals surface area (Å²) in [5, 5.41) is 4.94. The van der Waals surface area contributed by atoms with Crippen molar-refractivity contribution in [2.24, 2.45) is 5.92 Å². The van der Waals surface area contributed by atoms with Crippen molar-refractivity contribution >= 4 is 21.6 Å². The van der Waals surface area contributed by atoms with Gasteiger partial charge < -0.3 is 5.32 Å². The van der Waals surface area contributed by atoms with E-state index in [1.807, 2.05) is 6.07 Å². The van der Waals surface area contributed by atoms with Crippen LogP contribution in [-0.4, -0.2) is 11.0 Å². The summed E-state index contributed by atoms with van der Waals surface area (Å²) in [4.78, 5) is 4.65. The predicted molar refractivity (Wildman–Crippen MR) is 80.4 cm³/mol. The van der Waals surface area contributed by atoms with Crippen molar-refractivity contribution in [1.82, 2.24) is 10.3 Å². The number of hydrogen-bond donors (Lipinski definition) is 1. The third kappa shape index (κ3) is 2.25. The molecule has 3 unspecified atom stereocenters. The Morgan fingerprint density at radius 3 is 3.00 bits per heavy atom. The highest BCUT2D eigenvalue weighted by Gasteiger charge is 2.33. The third-order valence-corrected chi connectivity index (χ3v) is 5.96. The van der Waals surface area contributed by atoms with Gasteiger partial charge in [0.25, 0.3) is 0 Å². The molecule has 2 heterocycles. The van der Waals surface area contributed by atoms with Gasteiger partial charge in [-0.05, 0) is 43.7 Å². The minimum absolute atomic E-state index is 0.196. The number of nitrogens with one attached hydrogen (secondary N) is 1. The lowest BCUT2D eigenvalue weighted by molar-refractivity contribution is 0.177. The molecule has 1 aromatic carbocycles. The third-order valence-electron chi connectivity index (χ3n) is 4.81. The fourth-order valence-electron chi connectivity index (χ4n) is 3.76. The number of piperidine rings is 1. The zero-order valence-electron chi connectivity index (χ0n) is 11.4. The van der Waals surface area contributed by atoms with Crippen molar-refractivity contribution in [3.8, 4) is 0 Å². The molecule has 2 nitrogen and oxygen atoms in total. The molecule has 2 fully saturated rings. The first-order valence-electron chi connectivity index (χ1n) is 7.61. The van der Waals surface area contributed by atoms with E-state index >= 15 is 0 Å². The van der Waals surface area contributed by atoms with E-state index < -0.39 is 0 Å². The molecule has 1 saturated heterocycles. The van der Waals surface area contributed by atoms with Crippen molar-refractivity contribution in [1.29, 1.82) is 0 Å². The van der Waals surface area contributed by atoms with E-state index in [1.54, 1.807) is 17.4 Å². The smallest absolute Gasteiger partial charge is 0.125 e. The van der Waals surface area contributed by atoms with Crippen molar-refractivity contribution in [3.63, 3.8) is 0 Å². The van der Waals surface area contributed by atoms with Gasteiger partial charge in [0, 0.05) is 12.1 Å². The number of benzene rings is 1. The lowest BCUT2D eigenvalue weighted by Crippen LogP contribution is -2.44. The van der Waals surface area contributed by atoms with E-state index in [1.165, 1.54) is 44.6 Å². The van der Waals surface area contributed by atoms with Gasteiger partial charge in [0.15, 0.2) is 0 Å². The molecule has 0 amide bonds. The van der Waals surface area contributed by atoms with Gasteiger partial charge in [-0.25, -0.2) is 9.37 Å². The van der Waals surface area contributed by atoms with Crippen LogP contribution in [0.25, 0.3) is 10.2 Å². The lowest BCUT2D eigenvalue weighted by Gasteiger charge is -2.39. The molecule has 1 aliphatic heterocycles. The summed E-state index contributed by atoms with van der Waals surface area (Å²) < 4.78 is 14.4. The number of hydrogen-bond acceptors (Lipinski definition) is 3. The van der Waals surface area contributed by atoms with E-state index in [2.05, 4.69) is 10.3 Å². The Balaban J connectivity index is 1.59. The quantitative estimate of drug-likeness (QED) is 0.841. The lowest BCUT2D eigenvalue weighted by atomic mass is 9.78. The molecule has 20 heavy (non-hydrogen) atoms. The van der Waals surface area contributed by atoms with Gasteiger partial charge in [-0.3, -0.25) is 0 Å². The Hall–Kier alpha value is -1.00. The van der Waals surface area contributed by atoms with Crippen LogP contribution in [0.2, 0.25) is 0 Å². The first-order valence-corrected chi connectivity index (χ1v) is 8.43. The maximum absolute atomic E-state index is 13.3. The average Bonchev–Trinajstić information content (AvgIpc) is 2.89. The first-order chi connectivity index (χ1) is 9.79. The second-order valence-corrected chi connectivity index (χ2v) is 7.17. The molecular formula is C16H19FN2S. The predicted octanol–water partition coefficient (Wildman–Crippen LogP) is 4.42. The molecule has 2 aromatic rings. The molecule has 0 spiro atoms. The fourth-order valence-corrected chi connectivity index (χ4v) is 4.80. The number of aromatic nitrogens is 1. The molecule has 4 rings (SSSR count). The highest BCUT2D eigenvalue weighted by molar-refractivity contribution is 7.18. The van der Waals surface area contributed by atoms with Gasteiger partial charge in [-0.2, -0.15) is 0 Å². The van der Waals surface area contributed by atoms with Crippen LogP contribution in [0.4, 0.5) is 4.39 Å². The molecule has 1 saturated carbocycles.